The highest BCUT2D eigenvalue weighted by molar-refractivity contribution is 7.92. The molecule has 0 radical (unpaired) electrons. The molecule has 0 heterocycles. The van der Waals surface area contributed by atoms with E-state index in [1.807, 2.05) is 0 Å². The van der Waals surface area contributed by atoms with Crippen LogP contribution in [0.3, 0.4) is 0 Å². The molecule has 7 nitrogen and oxygen atoms in total. The zero-order valence-electron chi connectivity index (χ0n) is 21.7. The Labute approximate surface area is 222 Å². The van der Waals surface area contributed by atoms with Crippen molar-refractivity contribution in [1.29, 1.82) is 0 Å². The summed E-state index contributed by atoms with van der Waals surface area (Å²) in [6.07, 6.45) is 0. The predicted octanol–water partition coefficient (Wildman–Crippen LogP) is 4.49. The molecule has 0 aliphatic heterocycles. The molecular weight excluding hydrogens is 512 g/mol. The van der Waals surface area contributed by atoms with E-state index in [1.54, 1.807) is 26.8 Å². The molecule has 0 unspecified atom stereocenters. The molecule has 1 atom stereocenters. The lowest BCUT2D eigenvalue weighted by Gasteiger charge is -2.33. The van der Waals surface area contributed by atoms with Crippen molar-refractivity contribution in [3.63, 3.8) is 0 Å². The number of carbonyl (C=O) groups is 2. The number of nitrogens with one attached hydrogen (secondary N) is 1. The Hall–Kier alpha value is -3.79. The summed E-state index contributed by atoms with van der Waals surface area (Å²) in [6.45, 7) is 6.00. The number of nitrogens with zero attached hydrogens (tertiary/aromatic N) is 2. The summed E-state index contributed by atoms with van der Waals surface area (Å²) in [5.41, 5.74) is -0.372. The summed E-state index contributed by atoms with van der Waals surface area (Å²) in [6, 6.07) is 17.0. The van der Waals surface area contributed by atoms with E-state index in [0.717, 1.165) is 6.07 Å². The molecule has 0 bridgehead atoms. The SMILES string of the molecule is C[C@@H](C(=O)NC(C)(C)C)N(Cc1ccc(F)cc1)C(=O)CN(c1ccccc1F)S(=O)(=O)c1ccccc1. The highest BCUT2D eigenvalue weighted by Crippen LogP contribution is 2.27. The number of anilines is 1. The second kappa shape index (κ2) is 11.7. The van der Waals surface area contributed by atoms with Crippen molar-refractivity contribution in [3.8, 4) is 0 Å². The first-order chi connectivity index (χ1) is 17.8. The van der Waals surface area contributed by atoms with E-state index in [1.165, 1.54) is 78.6 Å². The van der Waals surface area contributed by atoms with Gasteiger partial charge in [-0.25, -0.2) is 17.2 Å². The number of hydrogen-bond donors (Lipinski definition) is 1. The van der Waals surface area contributed by atoms with Gasteiger partial charge in [-0.1, -0.05) is 42.5 Å². The average molecular weight is 544 g/mol. The van der Waals surface area contributed by atoms with Gasteiger partial charge in [0.2, 0.25) is 11.8 Å². The molecular formula is C28H31F2N3O4S. The van der Waals surface area contributed by atoms with Crippen LogP contribution < -0.4 is 9.62 Å². The lowest BCUT2D eigenvalue weighted by atomic mass is 10.1. The van der Waals surface area contributed by atoms with Crippen molar-refractivity contribution in [3.05, 3.63) is 96.1 Å². The number of carbonyl (C=O) groups excluding carboxylic acids is 2. The number of benzene rings is 3. The molecule has 202 valence electrons. The summed E-state index contributed by atoms with van der Waals surface area (Å²) in [5, 5.41) is 2.81. The predicted molar refractivity (Wildman–Crippen MR) is 142 cm³/mol. The molecule has 0 spiro atoms. The van der Waals surface area contributed by atoms with Gasteiger partial charge in [0, 0.05) is 12.1 Å². The van der Waals surface area contributed by atoms with Gasteiger partial charge in [-0.2, -0.15) is 0 Å². The lowest BCUT2D eigenvalue weighted by Crippen LogP contribution is -2.54. The van der Waals surface area contributed by atoms with E-state index in [2.05, 4.69) is 5.32 Å². The van der Waals surface area contributed by atoms with Crippen molar-refractivity contribution >= 4 is 27.5 Å². The second-order valence-electron chi connectivity index (χ2n) is 9.84. The monoisotopic (exact) mass is 543 g/mol. The summed E-state index contributed by atoms with van der Waals surface area (Å²) < 4.78 is 56.3. The van der Waals surface area contributed by atoms with Gasteiger partial charge in [0.05, 0.1) is 10.6 Å². The normalized spacial score (nSPS) is 12.5. The molecule has 0 saturated carbocycles. The van der Waals surface area contributed by atoms with Crippen LogP contribution in [0.25, 0.3) is 0 Å². The van der Waals surface area contributed by atoms with Crippen LogP contribution >= 0.6 is 0 Å². The molecule has 3 rings (SSSR count). The molecule has 0 aliphatic rings. The molecule has 0 aliphatic carbocycles. The first-order valence-corrected chi connectivity index (χ1v) is 13.4. The Morgan fingerprint density at radius 1 is 0.895 bits per heavy atom. The molecule has 3 aromatic rings. The summed E-state index contributed by atoms with van der Waals surface area (Å²) in [7, 11) is -4.36. The smallest absolute Gasteiger partial charge is 0.264 e. The molecule has 1 N–H and O–H groups in total. The van der Waals surface area contributed by atoms with Crippen LogP contribution in [-0.4, -0.2) is 43.3 Å². The number of hydrogen-bond acceptors (Lipinski definition) is 4. The largest absolute Gasteiger partial charge is 0.350 e. The topological polar surface area (TPSA) is 86.8 Å². The Balaban J connectivity index is 2.03. The van der Waals surface area contributed by atoms with Crippen LogP contribution in [-0.2, 0) is 26.2 Å². The van der Waals surface area contributed by atoms with E-state index >= 15 is 0 Å². The highest BCUT2D eigenvalue weighted by Gasteiger charge is 2.34. The maximum absolute atomic E-state index is 14.9. The first kappa shape index (κ1) is 28.8. The van der Waals surface area contributed by atoms with Gasteiger partial charge in [0.1, 0.15) is 24.2 Å². The van der Waals surface area contributed by atoms with Gasteiger partial charge < -0.3 is 10.2 Å². The average Bonchev–Trinajstić information content (AvgIpc) is 2.86. The molecule has 0 fully saturated rings. The standard InChI is InChI=1S/C28H31F2N3O4S/c1-20(27(35)31-28(2,3)4)32(18-21-14-16-22(29)17-15-21)26(34)19-33(25-13-9-8-12-24(25)30)38(36,37)23-10-6-5-7-11-23/h5-17,20H,18-19H2,1-4H3,(H,31,35)/t20-/m0/s1. The van der Waals surface area contributed by atoms with Gasteiger partial charge in [0.15, 0.2) is 0 Å². The third-order valence-corrected chi connectivity index (χ3v) is 7.44. The van der Waals surface area contributed by atoms with Crippen molar-refractivity contribution in [1.82, 2.24) is 10.2 Å². The van der Waals surface area contributed by atoms with E-state index < -0.39 is 51.6 Å². The third-order valence-electron chi connectivity index (χ3n) is 5.66. The van der Waals surface area contributed by atoms with Crippen LogP contribution in [0.4, 0.5) is 14.5 Å². The lowest BCUT2D eigenvalue weighted by molar-refractivity contribution is -0.140. The number of rotatable bonds is 9. The maximum Gasteiger partial charge on any atom is 0.264 e. The van der Waals surface area contributed by atoms with E-state index in [9.17, 15) is 26.8 Å². The zero-order valence-corrected chi connectivity index (χ0v) is 22.5. The minimum Gasteiger partial charge on any atom is -0.350 e. The molecule has 0 aromatic heterocycles. The molecule has 38 heavy (non-hydrogen) atoms. The van der Waals surface area contributed by atoms with Crippen LogP contribution in [0, 0.1) is 11.6 Å². The molecule has 0 saturated heterocycles. The summed E-state index contributed by atoms with van der Waals surface area (Å²) in [4.78, 5) is 27.8. The quantitative estimate of drug-likeness (QED) is 0.431. The first-order valence-electron chi connectivity index (χ1n) is 12.0. The Kier molecular flexibility index (Phi) is 8.88. The van der Waals surface area contributed by atoms with Gasteiger partial charge >= 0.3 is 0 Å². The van der Waals surface area contributed by atoms with E-state index in [0.29, 0.717) is 9.87 Å². The van der Waals surface area contributed by atoms with Gasteiger partial charge in [-0.15, -0.1) is 0 Å². The Morgan fingerprint density at radius 2 is 1.47 bits per heavy atom. The van der Waals surface area contributed by atoms with Crippen LogP contribution in [0.1, 0.15) is 33.3 Å². The zero-order chi connectivity index (χ0) is 28.1. The molecule has 3 aromatic carbocycles. The molecule has 2 amide bonds. The van der Waals surface area contributed by atoms with E-state index in [4.69, 9.17) is 0 Å². The Bertz CT molecular complexity index is 1380. The summed E-state index contributed by atoms with van der Waals surface area (Å²) in [5.74, 6) is -2.50. The van der Waals surface area contributed by atoms with Gasteiger partial charge in [0.25, 0.3) is 10.0 Å². The number of amides is 2. The maximum atomic E-state index is 14.9. The Morgan fingerprint density at radius 3 is 2.05 bits per heavy atom. The van der Waals surface area contributed by atoms with Crippen molar-refractivity contribution < 1.29 is 26.8 Å². The van der Waals surface area contributed by atoms with E-state index in [-0.39, 0.29) is 17.1 Å². The van der Waals surface area contributed by atoms with Crippen LogP contribution in [0.2, 0.25) is 0 Å². The van der Waals surface area contributed by atoms with Crippen molar-refractivity contribution in [2.45, 2.75) is 50.7 Å². The fraction of sp³-hybridized carbons (Fsp3) is 0.286. The van der Waals surface area contributed by atoms with Gasteiger partial charge in [-0.05, 0) is 69.7 Å². The van der Waals surface area contributed by atoms with Gasteiger partial charge in [-0.3, -0.25) is 13.9 Å². The third kappa shape index (κ3) is 7.16. The van der Waals surface area contributed by atoms with Crippen LogP contribution in [0.15, 0.2) is 83.8 Å². The van der Waals surface area contributed by atoms with Crippen molar-refractivity contribution in [2.24, 2.45) is 0 Å². The summed E-state index contributed by atoms with van der Waals surface area (Å²) >= 11 is 0. The van der Waals surface area contributed by atoms with Crippen LogP contribution in [0.5, 0.6) is 0 Å². The number of halogens is 2. The van der Waals surface area contributed by atoms with Crippen molar-refractivity contribution in [2.75, 3.05) is 10.8 Å². The minimum absolute atomic E-state index is 0.103. The minimum atomic E-state index is -4.36. The fourth-order valence-corrected chi connectivity index (χ4v) is 5.17. The number of para-hydroxylation sites is 1. The second-order valence-corrected chi connectivity index (χ2v) is 11.7. The fourth-order valence-electron chi connectivity index (χ4n) is 3.73. The molecule has 10 heteroatoms. The number of sulfonamides is 1. The highest BCUT2D eigenvalue weighted by atomic mass is 32.2.